The van der Waals surface area contributed by atoms with E-state index in [0.717, 1.165) is 6.07 Å². The van der Waals surface area contributed by atoms with Crippen molar-refractivity contribution in [3.8, 4) is 0 Å². The van der Waals surface area contributed by atoms with Crippen LogP contribution in [0.5, 0.6) is 0 Å². The number of carbonyl (C=O) groups excluding carboxylic acids is 1. The van der Waals surface area contributed by atoms with Gasteiger partial charge in [-0.25, -0.2) is 17.6 Å². The highest BCUT2D eigenvalue weighted by Crippen LogP contribution is 2.22. The number of nitrogens with one attached hydrogen (secondary N) is 1. The van der Waals surface area contributed by atoms with E-state index in [0.29, 0.717) is 18.5 Å². The molecule has 110 valence electrons. The van der Waals surface area contributed by atoms with Crippen LogP contribution in [0, 0.1) is 5.82 Å². The van der Waals surface area contributed by atoms with Gasteiger partial charge in [-0.05, 0) is 31.0 Å². The second kappa shape index (κ2) is 5.78. The van der Waals surface area contributed by atoms with Crippen molar-refractivity contribution in [2.75, 3.05) is 23.9 Å². The number of carbonyl (C=O) groups is 1. The van der Waals surface area contributed by atoms with E-state index in [9.17, 15) is 17.6 Å². The Labute approximate surface area is 117 Å². The molecule has 1 aliphatic heterocycles. The number of methoxy groups -OCH3 is 1. The molecule has 7 heteroatoms. The third kappa shape index (κ3) is 3.47. The van der Waals surface area contributed by atoms with Crippen LogP contribution in [0.3, 0.4) is 0 Å². The molecule has 1 aliphatic rings. The van der Waals surface area contributed by atoms with Crippen molar-refractivity contribution >= 4 is 21.5 Å². The predicted octanol–water partition coefficient (Wildman–Crippen LogP) is 1.60. The lowest BCUT2D eigenvalue weighted by molar-refractivity contribution is 0.0601. The van der Waals surface area contributed by atoms with Crippen molar-refractivity contribution in [3.63, 3.8) is 0 Å². The first-order valence-corrected chi connectivity index (χ1v) is 8.08. The topological polar surface area (TPSA) is 72.5 Å². The Kier molecular flexibility index (Phi) is 4.27. The zero-order valence-electron chi connectivity index (χ0n) is 11.1. The number of halogens is 1. The number of benzene rings is 1. The van der Waals surface area contributed by atoms with Crippen molar-refractivity contribution in [1.82, 2.24) is 0 Å². The normalized spacial score (nSPS) is 21.2. The summed E-state index contributed by atoms with van der Waals surface area (Å²) >= 11 is 0. The number of esters is 1. The minimum absolute atomic E-state index is 0.0188. The fraction of sp³-hybridized carbons (Fsp3) is 0.462. The molecule has 1 unspecified atom stereocenters. The van der Waals surface area contributed by atoms with Crippen molar-refractivity contribution in [1.29, 1.82) is 0 Å². The van der Waals surface area contributed by atoms with Crippen LogP contribution in [0.15, 0.2) is 18.2 Å². The van der Waals surface area contributed by atoms with E-state index >= 15 is 0 Å². The van der Waals surface area contributed by atoms with Gasteiger partial charge >= 0.3 is 5.97 Å². The summed E-state index contributed by atoms with van der Waals surface area (Å²) in [5.74, 6) is -0.999. The molecule has 0 spiro atoms. The van der Waals surface area contributed by atoms with Crippen LogP contribution in [0.4, 0.5) is 10.1 Å². The largest absolute Gasteiger partial charge is 0.465 e. The van der Waals surface area contributed by atoms with Crippen molar-refractivity contribution in [3.05, 3.63) is 29.6 Å². The molecule has 5 nitrogen and oxygen atoms in total. The van der Waals surface area contributed by atoms with Gasteiger partial charge < -0.3 is 10.1 Å². The standard InChI is InChI=1S/C13H16FNO4S/c1-19-13(16)11-7-9(14)4-5-12(11)15-10-3-2-6-20(17,18)8-10/h4-5,7,10,15H,2-3,6,8H2,1H3. The summed E-state index contributed by atoms with van der Waals surface area (Å²) in [7, 11) is -1.84. The quantitative estimate of drug-likeness (QED) is 0.859. The SMILES string of the molecule is COC(=O)c1cc(F)ccc1NC1CCCS(=O)(=O)C1. The van der Waals surface area contributed by atoms with E-state index < -0.39 is 21.6 Å². The maximum atomic E-state index is 13.2. The average molecular weight is 301 g/mol. The average Bonchev–Trinajstić information content (AvgIpc) is 2.39. The van der Waals surface area contributed by atoms with E-state index in [1.54, 1.807) is 0 Å². The van der Waals surface area contributed by atoms with Crippen molar-refractivity contribution in [2.24, 2.45) is 0 Å². The van der Waals surface area contributed by atoms with E-state index in [-0.39, 0.29) is 23.1 Å². The number of hydrogen-bond acceptors (Lipinski definition) is 5. The van der Waals surface area contributed by atoms with Crippen LogP contribution in [0.25, 0.3) is 0 Å². The Balaban J connectivity index is 2.23. The minimum Gasteiger partial charge on any atom is -0.465 e. The summed E-state index contributed by atoms with van der Waals surface area (Å²) in [6, 6.07) is 3.43. The summed E-state index contributed by atoms with van der Waals surface area (Å²) in [5, 5.41) is 3.00. The third-order valence-corrected chi connectivity index (χ3v) is 5.03. The van der Waals surface area contributed by atoms with Crippen molar-refractivity contribution in [2.45, 2.75) is 18.9 Å². The summed E-state index contributed by atoms with van der Waals surface area (Å²) < 4.78 is 41.0. The zero-order chi connectivity index (χ0) is 14.8. The van der Waals surface area contributed by atoms with Gasteiger partial charge in [0, 0.05) is 11.7 Å². The molecule has 2 rings (SSSR count). The second-order valence-corrected chi connectivity index (χ2v) is 7.01. The number of sulfone groups is 1. The molecule has 0 radical (unpaired) electrons. The molecule has 20 heavy (non-hydrogen) atoms. The maximum Gasteiger partial charge on any atom is 0.340 e. The fourth-order valence-corrected chi connectivity index (χ4v) is 3.91. The number of anilines is 1. The minimum atomic E-state index is -3.05. The second-order valence-electron chi connectivity index (χ2n) is 4.78. The first-order valence-electron chi connectivity index (χ1n) is 6.26. The van der Waals surface area contributed by atoms with Crippen molar-refractivity contribution < 1.29 is 22.3 Å². The molecule has 0 bridgehead atoms. The smallest absolute Gasteiger partial charge is 0.340 e. The molecule has 0 aliphatic carbocycles. The predicted molar refractivity (Wildman–Crippen MR) is 73.0 cm³/mol. The molecule has 0 amide bonds. The molecular weight excluding hydrogens is 285 g/mol. The lowest BCUT2D eigenvalue weighted by Crippen LogP contribution is -2.35. The molecule has 0 saturated carbocycles. The molecule has 1 atom stereocenters. The van der Waals surface area contributed by atoms with Gasteiger partial charge in [0.25, 0.3) is 0 Å². The lowest BCUT2D eigenvalue weighted by Gasteiger charge is -2.24. The van der Waals surface area contributed by atoms with Crippen LogP contribution >= 0.6 is 0 Å². The third-order valence-electron chi connectivity index (χ3n) is 3.21. The van der Waals surface area contributed by atoms with Crippen LogP contribution in [-0.2, 0) is 14.6 Å². The van der Waals surface area contributed by atoms with Gasteiger partial charge in [0.2, 0.25) is 0 Å². The Morgan fingerprint density at radius 1 is 1.45 bits per heavy atom. The Bertz CT molecular complexity index is 615. The van der Waals surface area contributed by atoms with E-state index in [1.165, 1.54) is 19.2 Å². The van der Waals surface area contributed by atoms with Gasteiger partial charge in [-0.1, -0.05) is 0 Å². The molecule has 1 saturated heterocycles. The van der Waals surface area contributed by atoms with E-state index in [2.05, 4.69) is 10.1 Å². The highest BCUT2D eigenvalue weighted by molar-refractivity contribution is 7.91. The van der Waals surface area contributed by atoms with Crippen LogP contribution in [0.2, 0.25) is 0 Å². The summed E-state index contributed by atoms with van der Waals surface area (Å²) in [5.41, 5.74) is 0.454. The summed E-state index contributed by atoms with van der Waals surface area (Å²) in [6.07, 6.45) is 1.27. The summed E-state index contributed by atoms with van der Waals surface area (Å²) in [6.45, 7) is 0. The number of ether oxygens (including phenoxy) is 1. The zero-order valence-corrected chi connectivity index (χ0v) is 11.9. The van der Waals surface area contributed by atoms with Gasteiger partial charge in [-0.2, -0.15) is 0 Å². The molecular formula is C13H16FNO4S. The first kappa shape index (κ1) is 14.8. The van der Waals surface area contributed by atoms with Gasteiger partial charge in [0.15, 0.2) is 9.84 Å². The molecule has 1 fully saturated rings. The highest BCUT2D eigenvalue weighted by atomic mass is 32.2. The Morgan fingerprint density at radius 2 is 2.20 bits per heavy atom. The van der Waals surface area contributed by atoms with Gasteiger partial charge in [0.05, 0.1) is 24.2 Å². The summed E-state index contributed by atoms with van der Waals surface area (Å²) in [4.78, 5) is 11.6. The van der Waals surface area contributed by atoms with E-state index in [4.69, 9.17) is 0 Å². The monoisotopic (exact) mass is 301 g/mol. The van der Waals surface area contributed by atoms with Gasteiger partial charge in [-0.15, -0.1) is 0 Å². The maximum absolute atomic E-state index is 13.2. The number of hydrogen-bond donors (Lipinski definition) is 1. The van der Waals surface area contributed by atoms with Crippen LogP contribution in [-0.4, -0.2) is 39.0 Å². The number of rotatable bonds is 3. The first-order chi connectivity index (χ1) is 9.41. The lowest BCUT2D eigenvalue weighted by atomic mass is 10.1. The molecule has 1 aromatic carbocycles. The highest BCUT2D eigenvalue weighted by Gasteiger charge is 2.25. The fourth-order valence-electron chi connectivity index (χ4n) is 2.28. The Morgan fingerprint density at radius 3 is 2.85 bits per heavy atom. The molecule has 0 aromatic heterocycles. The van der Waals surface area contributed by atoms with Gasteiger partial charge in [-0.3, -0.25) is 0 Å². The van der Waals surface area contributed by atoms with Gasteiger partial charge in [0.1, 0.15) is 5.82 Å². The molecule has 1 N–H and O–H groups in total. The molecule has 1 heterocycles. The van der Waals surface area contributed by atoms with E-state index in [1.807, 2.05) is 0 Å². The van der Waals surface area contributed by atoms with Crippen LogP contribution < -0.4 is 5.32 Å². The van der Waals surface area contributed by atoms with Crippen LogP contribution in [0.1, 0.15) is 23.2 Å². The Hall–Kier alpha value is -1.63. The molecule has 1 aromatic rings.